The van der Waals surface area contributed by atoms with Crippen LogP contribution in [0.15, 0.2) is 17.4 Å². The number of halogens is 3. The van der Waals surface area contributed by atoms with Crippen LogP contribution in [0.1, 0.15) is 18.7 Å². The summed E-state index contributed by atoms with van der Waals surface area (Å²) >= 11 is 0. The first-order valence-corrected chi connectivity index (χ1v) is 8.62. The zero-order valence-corrected chi connectivity index (χ0v) is 14.0. The Labute approximate surface area is 144 Å². The number of imidazole rings is 1. The zero-order valence-electron chi connectivity index (χ0n) is 14.0. The van der Waals surface area contributed by atoms with Crippen LogP contribution in [-0.4, -0.2) is 58.9 Å². The second kappa shape index (κ2) is 6.19. The summed E-state index contributed by atoms with van der Waals surface area (Å²) in [6.45, 7) is 0.965. The highest BCUT2D eigenvalue weighted by Gasteiger charge is 2.53. The lowest BCUT2D eigenvalue weighted by Gasteiger charge is -2.23. The normalized spacial score (nSPS) is 31.7. The Kier molecular flexibility index (Phi) is 4.13. The molecular formula is C16H22F3N5O. The maximum absolute atomic E-state index is 12.6. The lowest BCUT2D eigenvalue weighted by molar-refractivity contribution is -0.141. The number of hydrogen-bond acceptors (Lipinski definition) is 3. The van der Waals surface area contributed by atoms with E-state index in [1.165, 1.54) is 12.4 Å². The molecule has 4 atom stereocenters. The zero-order chi connectivity index (χ0) is 17.6. The van der Waals surface area contributed by atoms with Gasteiger partial charge in [0.2, 0.25) is 0 Å². The van der Waals surface area contributed by atoms with E-state index in [0.717, 1.165) is 36.5 Å². The van der Waals surface area contributed by atoms with Gasteiger partial charge < -0.3 is 19.5 Å². The Morgan fingerprint density at radius 1 is 1.32 bits per heavy atom. The molecule has 3 saturated heterocycles. The summed E-state index contributed by atoms with van der Waals surface area (Å²) in [5.74, 6) is 2.16. The molecule has 3 aliphatic heterocycles. The van der Waals surface area contributed by atoms with Crippen LogP contribution in [0.2, 0.25) is 0 Å². The monoisotopic (exact) mass is 357 g/mol. The molecule has 2 bridgehead atoms. The summed E-state index contributed by atoms with van der Waals surface area (Å²) < 4.78 is 44.9. The minimum atomic E-state index is -4.26. The maximum atomic E-state index is 12.6. The third-order valence-electron chi connectivity index (χ3n) is 5.52. The molecule has 1 aromatic rings. The minimum absolute atomic E-state index is 0.213. The van der Waals surface area contributed by atoms with Crippen molar-refractivity contribution < 1.29 is 17.9 Å². The van der Waals surface area contributed by atoms with Crippen molar-refractivity contribution in [3.63, 3.8) is 0 Å². The second-order valence-electron chi connectivity index (χ2n) is 7.01. The van der Waals surface area contributed by atoms with Gasteiger partial charge in [0.05, 0.1) is 18.8 Å². The van der Waals surface area contributed by atoms with Crippen molar-refractivity contribution >= 4 is 5.96 Å². The molecule has 0 saturated carbocycles. The summed E-state index contributed by atoms with van der Waals surface area (Å²) in [5.41, 5.74) is 0. The van der Waals surface area contributed by atoms with Crippen molar-refractivity contribution in [3.05, 3.63) is 18.2 Å². The summed E-state index contributed by atoms with van der Waals surface area (Å²) in [5, 5.41) is 3.16. The second-order valence-corrected chi connectivity index (χ2v) is 7.01. The predicted molar refractivity (Wildman–Crippen MR) is 84.9 cm³/mol. The topological polar surface area (TPSA) is 54.7 Å². The molecule has 4 rings (SSSR count). The van der Waals surface area contributed by atoms with Crippen molar-refractivity contribution in [3.8, 4) is 0 Å². The van der Waals surface area contributed by atoms with Gasteiger partial charge in [-0.15, -0.1) is 0 Å². The average molecular weight is 357 g/mol. The number of aliphatic imine (C=N–C) groups is 1. The van der Waals surface area contributed by atoms with E-state index >= 15 is 0 Å². The van der Waals surface area contributed by atoms with Gasteiger partial charge in [-0.25, -0.2) is 4.98 Å². The van der Waals surface area contributed by atoms with E-state index in [4.69, 9.17) is 4.74 Å². The van der Waals surface area contributed by atoms with Gasteiger partial charge in [0.25, 0.3) is 0 Å². The molecule has 6 nitrogen and oxygen atoms in total. The van der Waals surface area contributed by atoms with Gasteiger partial charge in [0, 0.05) is 44.4 Å². The highest BCUT2D eigenvalue weighted by molar-refractivity contribution is 5.80. The molecule has 25 heavy (non-hydrogen) atoms. The summed E-state index contributed by atoms with van der Waals surface area (Å²) in [6.07, 6.45) is 1.49. The number of ether oxygens (including phenoxy) is 1. The summed E-state index contributed by atoms with van der Waals surface area (Å²) in [7, 11) is 1.70. The Balaban J connectivity index is 1.37. The molecular weight excluding hydrogens is 335 g/mol. The molecule has 1 N–H and O–H groups in total. The van der Waals surface area contributed by atoms with E-state index in [1.807, 2.05) is 0 Å². The van der Waals surface area contributed by atoms with Crippen molar-refractivity contribution in [2.45, 2.75) is 44.3 Å². The fraction of sp³-hybridized carbons (Fsp3) is 0.750. The van der Waals surface area contributed by atoms with Crippen LogP contribution in [-0.2, 0) is 17.8 Å². The van der Waals surface area contributed by atoms with Crippen LogP contribution in [0.4, 0.5) is 13.2 Å². The number of hydrogen-bond donors (Lipinski definition) is 1. The van der Waals surface area contributed by atoms with Gasteiger partial charge in [0.1, 0.15) is 12.4 Å². The molecule has 0 aliphatic carbocycles. The molecule has 0 spiro atoms. The third-order valence-corrected chi connectivity index (χ3v) is 5.52. The number of aromatic nitrogens is 2. The van der Waals surface area contributed by atoms with Gasteiger partial charge in [-0.05, 0) is 12.8 Å². The number of nitrogens with one attached hydrogen (secondary N) is 1. The van der Waals surface area contributed by atoms with Gasteiger partial charge in [-0.3, -0.25) is 4.99 Å². The van der Waals surface area contributed by atoms with E-state index < -0.39 is 12.7 Å². The molecule has 0 radical (unpaired) electrons. The molecule has 3 fully saturated rings. The molecule has 9 heteroatoms. The number of nitrogens with zero attached hydrogens (tertiary/aromatic N) is 4. The van der Waals surface area contributed by atoms with Crippen LogP contribution in [0.5, 0.6) is 0 Å². The number of guanidine groups is 1. The summed E-state index contributed by atoms with van der Waals surface area (Å²) in [4.78, 5) is 10.5. The molecule has 4 heterocycles. The first-order valence-electron chi connectivity index (χ1n) is 8.62. The van der Waals surface area contributed by atoms with Crippen LogP contribution >= 0.6 is 0 Å². The lowest BCUT2D eigenvalue weighted by Crippen LogP contribution is -2.41. The fourth-order valence-electron chi connectivity index (χ4n) is 4.47. The van der Waals surface area contributed by atoms with E-state index in [9.17, 15) is 13.2 Å². The van der Waals surface area contributed by atoms with E-state index in [0.29, 0.717) is 29.9 Å². The van der Waals surface area contributed by atoms with Crippen molar-refractivity contribution in [1.82, 2.24) is 19.8 Å². The highest BCUT2D eigenvalue weighted by Crippen LogP contribution is 2.47. The molecule has 4 unspecified atom stereocenters. The molecule has 0 aromatic carbocycles. The van der Waals surface area contributed by atoms with Crippen LogP contribution in [0, 0.1) is 11.8 Å². The minimum Gasteiger partial charge on any atom is -0.374 e. The Morgan fingerprint density at radius 2 is 2.00 bits per heavy atom. The van der Waals surface area contributed by atoms with E-state index in [2.05, 4.69) is 20.2 Å². The maximum Gasteiger partial charge on any atom is 0.406 e. The lowest BCUT2D eigenvalue weighted by atomic mass is 9.82. The van der Waals surface area contributed by atoms with E-state index in [1.54, 1.807) is 7.05 Å². The first-order chi connectivity index (χ1) is 11.9. The smallest absolute Gasteiger partial charge is 0.374 e. The van der Waals surface area contributed by atoms with Gasteiger partial charge in [-0.2, -0.15) is 13.2 Å². The molecule has 138 valence electrons. The van der Waals surface area contributed by atoms with Crippen LogP contribution in [0.25, 0.3) is 0 Å². The number of fused-ring (bicyclic) bond motifs is 5. The SMILES string of the molecule is CN=C(NCc1nccn1CC(F)(F)F)N1CC2C3CCC(O3)C2C1. The first kappa shape index (κ1) is 16.7. The van der Waals surface area contributed by atoms with E-state index in [-0.39, 0.29) is 6.54 Å². The van der Waals surface area contributed by atoms with Gasteiger partial charge >= 0.3 is 6.18 Å². The highest BCUT2D eigenvalue weighted by atomic mass is 19.4. The van der Waals surface area contributed by atoms with Crippen molar-refractivity contribution in [2.75, 3.05) is 20.1 Å². The number of alkyl halides is 3. The fourth-order valence-corrected chi connectivity index (χ4v) is 4.47. The molecule has 0 amide bonds. The predicted octanol–water partition coefficient (Wildman–Crippen LogP) is 1.63. The summed E-state index contributed by atoms with van der Waals surface area (Å²) in [6, 6.07) is 0. The largest absolute Gasteiger partial charge is 0.406 e. The van der Waals surface area contributed by atoms with Crippen molar-refractivity contribution in [1.29, 1.82) is 0 Å². The van der Waals surface area contributed by atoms with Gasteiger partial charge in [-0.1, -0.05) is 0 Å². The quantitative estimate of drug-likeness (QED) is 0.660. The molecule has 3 aliphatic rings. The number of rotatable bonds is 3. The third kappa shape index (κ3) is 3.21. The van der Waals surface area contributed by atoms with Gasteiger partial charge in [0.15, 0.2) is 5.96 Å². The number of likely N-dealkylation sites (tertiary alicyclic amines) is 1. The van der Waals surface area contributed by atoms with Crippen LogP contribution in [0.3, 0.4) is 0 Å². The Bertz CT molecular complexity index is 640. The Morgan fingerprint density at radius 3 is 2.60 bits per heavy atom. The van der Waals surface area contributed by atoms with Crippen molar-refractivity contribution in [2.24, 2.45) is 16.8 Å². The standard InChI is InChI=1S/C16H22F3N5O/c1-20-15(22-6-14-21-4-5-23(14)9-16(17,18)19)24-7-10-11(8-24)13-3-2-12(10)25-13/h4-5,10-13H,2-3,6-9H2,1H3,(H,20,22). The average Bonchev–Trinajstić information content (AvgIpc) is 3.28. The molecule has 1 aromatic heterocycles. The van der Waals surface area contributed by atoms with Crippen LogP contribution < -0.4 is 5.32 Å². The Hall–Kier alpha value is -1.77.